The van der Waals surface area contributed by atoms with Crippen LogP contribution in [0.15, 0.2) is 47.2 Å². The molecule has 2 aromatic rings. The lowest BCUT2D eigenvalue weighted by Gasteiger charge is -2.00. The second-order valence-electron chi connectivity index (χ2n) is 4.49. The van der Waals surface area contributed by atoms with E-state index >= 15 is 0 Å². The molecule has 0 unspecified atom stereocenters. The van der Waals surface area contributed by atoms with Gasteiger partial charge >= 0.3 is 0 Å². The fourth-order valence-corrected chi connectivity index (χ4v) is 2.24. The SMILES string of the molecule is Cc1cc(C)c[n+](CC(=O)c2ccc(Br)cc2)c1.O.[Br-]. The van der Waals surface area contributed by atoms with Crippen LogP contribution in [0.4, 0.5) is 0 Å². The van der Waals surface area contributed by atoms with E-state index in [2.05, 4.69) is 22.0 Å². The van der Waals surface area contributed by atoms with Gasteiger partial charge in [-0.1, -0.05) is 28.1 Å². The lowest BCUT2D eigenvalue weighted by molar-refractivity contribution is -0.683. The number of rotatable bonds is 3. The van der Waals surface area contributed by atoms with Crippen molar-refractivity contribution in [2.75, 3.05) is 0 Å². The molecule has 1 heterocycles. The summed E-state index contributed by atoms with van der Waals surface area (Å²) in [7, 11) is 0. The quantitative estimate of drug-likeness (QED) is 0.500. The van der Waals surface area contributed by atoms with Crippen LogP contribution in [-0.4, -0.2) is 11.3 Å². The van der Waals surface area contributed by atoms with Gasteiger partial charge < -0.3 is 22.5 Å². The monoisotopic (exact) mass is 401 g/mol. The van der Waals surface area contributed by atoms with Gasteiger partial charge in [-0.3, -0.25) is 4.79 Å². The first kappa shape index (κ1) is 19.0. The molecule has 0 radical (unpaired) electrons. The molecule has 0 aliphatic heterocycles. The standard InChI is InChI=1S/C15H15BrNO.BrH.H2O/c1-11-7-12(2)9-17(8-11)10-15(18)13-3-5-14(16)6-4-13;;/h3-9H,10H2,1-2H3;1H;1H2/q+1;;/p-1. The molecular formula is C15H17Br2NO2. The molecule has 0 atom stereocenters. The van der Waals surface area contributed by atoms with Crippen molar-refractivity contribution in [3.63, 3.8) is 0 Å². The Morgan fingerprint density at radius 2 is 1.60 bits per heavy atom. The summed E-state index contributed by atoms with van der Waals surface area (Å²) in [6, 6.07) is 9.56. The predicted molar refractivity (Wildman–Crippen MR) is 78.2 cm³/mol. The number of Topliss-reactive ketones (excluding diaryl/α,β-unsaturated/α-hetero) is 1. The van der Waals surface area contributed by atoms with E-state index in [0.717, 1.165) is 10.0 Å². The summed E-state index contributed by atoms with van der Waals surface area (Å²) in [6.07, 6.45) is 3.98. The van der Waals surface area contributed by atoms with Crippen LogP contribution in [0.3, 0.4) is 0 Å². The molecule has 1 aromatic carbocycles. The molecule has 0 amide bonds. The number of hydrogen-bond acceptors (Lipinski definition) is 1. The van der Waals surface area contributed by atoms with Crippen LogP contribution in [0.1, 0.15) is 21.5 Å². The van der Waals surface area contributed by atoms with Gasteiger partial charge in [0.05, 0.1) is 0 Å². The smallest absolute Gasteiger partial charge is 0.227 e. The zero-order valence-electron chi connectivity index (χ0n) is 11.4. The highest BCUT2D eigenvalue weighted by Gasteiger charge is 2.12. The summed E-state index contributed by atoms with van der Waals surface area (Å²) < 4.78 is 2.92. The third-order valence-corrected chi connectivity index (χ3v) is 3.22. The number of aryl methyl sites for hydroxylation is 2. The topological polar surface area (TPSA) is 52.5 Å². The molecule has 0 aliphatic carbocycles. The summed E-state index contributed by atoms with van der Waals surface area (Å²) in [4.78, 5) is 12.1. The molecule has 0 saturated carbocycles. The number of pyridine rings is 1. The van der Waals surface area contributed by atoms with E-state index in [9.17, 15) is 4.79 Å². The highest BCUT2D eigenvalue weighted by Crippen LogP contribution is 2.11. The Labute approximate surface area is 137 Å². The Hall–Kier alpha value is -1.04. The number of hydrogen-bond donors (Lipinski definition) is 0. The van der Waals surface area contributed by atoms with Crippen molar-refractivity contribution in [2.24, 2.45) is 0 Å². The van der Waals surface area contributed by atoms with Crippen molar-refractivity contribution in [3.05, 3.63) is 63.9 Å². The lowest BCUT2D eigenvalue weighted by Crippen LogP contribution is -3.00. The Morgan fingerprint density at radius 3 is 2.10 bits per heavy atom. The van der Waals surface area contributed by atoms with E-state index in [4.69, 9.17) is 0 Å². The molecule has 2 rings (SSSR count). The van der Waals surface area contributed by atoms with Gasteiger partial charge in [0.1, 0.15) is 0 Å². The van der Waals surface area contributed by atoms with Crippen LogP contribution in [0.25, 0.3) is 0 Å². The zero-order chi connectivity index (χ0) is 13.1. The average Bonchev–Trinajstić information content (AvgIpc) is 2.28. The van der Waals surface area contributed by atoms with Crippen LogP contribution in [0.5, 0.6) is 0 Å². The second kappa shape index (κ2) is 8.29. The molecule has 2 N–H and O–H groups in total. The Kier molecular flexibility index (Phi) is 7.86. The van der Waals surface area contributed by atoms with Crippen molar-refractivity contribution < 1.29 is 31.8 Å². The largest absolute Gasteiger partial charge is 1.00 e. The third-order valence-electron chi connectivity index (χ3n) is 2.69. The maximum Gasteiger partial charge on any atom is 0.227 e. The van der Waals surface area contributed by atoms with Gasteiger partial charge in [-0.15, -0.1) is 0 Å². The molecule has 0 bridgehead atoms. The zero-order valence-corrected chi connectivity index (χ0v) is 14.5. The van der Waals surface area contributed by atoms with Crippen LogP contribution < -0.4 is 21.5 Å². The average molecular weight is 403 g/mol. The number of ketones is 1. The van der Waals surface area contributed by atoms with E-state index in [-0.39, 0.29) is 28.2 Å². The first-order valence-electron chi connectivity index (χ1n) is 5.81. The first-order valence-corrected chi connectivity index (χ1v) is 6.60. The van der Waals surface area contributed by atoms with Gasteiger partial charge in [-0.2, -0.15) is 4.57 Å². The summed E-state index contributed by atoms with van der Waals surface area (Å²) in [5.41, 5.74) is 3.07. The maximum absolute atomic E-state index is 12.1. The van der Waals surface area contributed by atoms with Gasteiger partial charge in [0.2, 0.25) is 12.3 Å². The van der Waals surface area contributed by atoms with Gasteiger partial charge in [0, 0.05) is 21.2 Å². The molecule has 108 valence electrons. The Morgan fingerprint density at radius 1 is 1.10 bits per heavy atom. The lowest BCUT2D eigenvalue weighted by atomic mass is 10.1. The fourth-order valence-electron chi connectivity index (χ4n) is 1.98. The van der Waals surface area contributed by atoms with E-state index in [1.54, 1.807) is 0 Å². The minimum atomic E-state index is 0. The van der Waals surface area contributed by atoms with E-state index < -0.39 is 0 Å². The predicted octanol–water partition coefficient (Wildman–Crippen LogP) is -0.584. The molecule has 0 aliphatic rings. The molecule has 1 aromatic heterocycles. The van der Waals surface area contributed by atoms with E-state index in [1.165, 1.54) is 11.1 Å². The van der Waals surface area contributed by atoms with Crippen molar-refractivity contribution in [1.82, 2.24) is 0 Å². The van der Waals surface area contributed by atoms with Crippen molar-refractivity contribution in [3.8, 4) is 0 Å². The summed E-state index contributed by atoms with van der Waals surface area (Å²) in [5, 5.41) is 0. The van der Waals surface area contributed by atoms with Gasteiger partial charge in [-0.25, -0.2) is 0 Å². The molecule has 20 heavy (non-hydrogen) atoms. The Bertz CT molecular complexity index is 563. The highest BCUT2D eigenvalue weighted by atomic mass is 79.9. The number of carbonyl (C=O) groups is 1. The number of benzene rings is 1. The van der Waals surface area contributed by atoms with Crippen molar-refractivity contribution in [2.45, 2.75) is 20.4 Å². The van der Waals surface area contributed by atoms with E-state index in [1.807, 2.05) is 55.1 Å². The molecule has 0 spiro atoms. The van der Waals surface area contributed by atoms with Crippen molar-refractivity contribution in [1.29, 1.82) is 0 Å². The van der Waals surface area contributed by atoms with Crippen LogP contribution in [-0.2, 0) is 6.54 Å². The molecule has 0 fully saturated rings. The number of nitrogens with zero attached hydrogens (tertiary/aromatic N) is 1. The molecule has 0 saturated heterocycles. The second-order valence-corrected chi connectivity index (χ2v) is 5.41. The van der Waals surface area contributed by atoms with Gasteiger partial charge in [-0.05, 0) is 32.0 Å². The molecule has 5 heteroatoms. The van der Waals surface area contributed by atoms with Crippen LogP contribution >= 0.6 is 15.9 Å². The first-order chi connectivity index (χ1) is 8.54. The minimum Gasteiger partial charge on any atom is -1.00 e. The van der Waals surface area contributed by atoms with Crippen LogP contribution in [0, 0.1) is 13.8 Å². The van der Waals surface area contributed by atoms with Crippen LogP contribution in [0.2, 0.25) is 0 Å². The summed E-state index contributed by atoms with van der Waals surface area (Å²) >= 11 is 3.36. The normalized spacial score (nSPS) is 9.35. The minimum absolute atomic E-state index is 0. The number of aromatic nitrogens is 1. The highest BCUT2D eigenvalue weighted by molar-refractivity contribution is 9.10. The molecule has 3 nitrogen and oxygen atoms in total. The van der Waals surface area contributed by atoms with E-state index in [0.29, 0.717) is 6.54 Å². The Balaban J connectivity index is 0.00000180. The van der Waals surface area contributed by atoms with Gasteiger partial charge in [0.25, 0.3) is 0 Å². The van der Waals surface area contributed by atoms with Crippen molar-refractivity contribution >= 4 is 21.7 Å². The summed E-state index contributed by atoms with van der Waals surface area (Å²) in [6.45, 7) is 4.45. The summed E-state index contributed by atoms with van der Waals surface area (Å²) in [5.74, 6) is 0.123. The number of carbonyl (C=O) groups excluding carboxylic acids is 1. The number of halogens is 2. The fraction of sp³-hybridized carbons (Fsp3) is 0.200. The molecular weight excluding hydrogens is 386 g/mol. The van der Waals surface area contributed by atoms with Gasteiger partial charge in [0.15, 0.2) is 12.4 Å². The third kappa shape index (κ3) is 5.15. The maximum atomic E-state index is 12.1.